The molecule has 0 spiro atoms. The second kappa shape index (κ2) is 67.5. The van der Waals surface area contributed by atoms with Crippen molar-refractivity contribution in [3.63, 3.8) is 0 Å². The molecule has 0 heterocycles. The van der Waals surface area contributed by atoms with Crippen LogP contribution in [0.25, 0.3) is 0 Å². The van der Waals surface area contributed by atoms with Gasteiger partial charge in [-0.25, -0.2) is 9.13 Å². The maximum atomic E-state index is 13.1. The smallest absolute Gasteiger partial charge is 0.462 e. The first-order valence-electron chi connectivity index (χ1n) is 39.9. The van der Waals surface area contributed by atoms with Gasteiger partial charge in [-0.3, -0.25) is 37.3 Å². The van der Waals surface area contributed by atoms with Gasteiger partial charge < -0.3 is 33.8 Å². The monoisotopic (exact) mass is 1410 g/mol. The highest BCUT2D eigenvalue weighted by molar-refractivity contribution is 7.47. The van der Waals surface area contributed by atoms with Crippen LogP contribution in [0.2, 0.25) is 0 Å². The van der Waals surface area contributed by atoms with Gasteiger partial charge >= 0.3 is 39.5 Å². The fourth-order valence-corrected chi connectivity index (χ4v) is 13.3. The molecular formula is C77H150O17P2. The molecule has 0 aliphatic rings. The summed E-state index contributed by atoms with van der Waals surface area (Å²) in [7, 11) is -9.91. The Kier molecular flexibility index (Phi) is 66.2. The second-order valence-corrected chi connectivity index (χ2v) is 31.8. The zero-order valence-corrected chi connectivity index (χ0v) is 64.6. The summed E-state index contributed by atoms with van der Waals surface area (Å²) in [5, 5.41) is 10.6. The molecule has 6 atom stereocenters. The molecule has 96 heavy (non-hydrogen) atoms. The molecule has 0 saturated carbocycles. The zero-order valence-electron chi connectivity index (χ0n) is 62.8. The Balaban J connectivity index is 5.27. The van der Waals surface area contributed by atoms with Gasteiger partial charge in [0.2, 0.25) is 0 Å². The molecule has 0 aliphatic heterocycles. The fraction of sp³-hybridized carbons (Fsp3) is 0.948. The molecule has 0 radical (unpaired) electrons. The highest BCUT2D eigenvalue weighted by Gasteiger charge is 2.30. The van der Waals surface area contributed by atoms with E-state index in [1.807, 2.05) is 0 Å². The van der Waals surface area contributed by atoms with Gasteiger partial charge in [0, 0.05) is 25.7 Å². The van der Waals surface area contributed by atoms with Crippen LogP contribution in [0.4, 0.5) is 0 Å². The number of aliphatic hydroxyl groups is 1. The van der Waals surface area contributed by atoms with E-state index in [0.29, 0.717) is 25.7 Å². The standard InChI is InChI=1S/C77H150O17P2/c1-8-10-11-12-13-14-15-18-24-30-39-46-53-60-76(81)94-73(65-88-75(80)59-52-45-38-33-32-36-43-50-57-70(7)9-2)67-92-96(85,86)90-63-71(78)62-89-95(83,84)91-66-72(64-87-74(79)58-51-44-37-29-26-21-23-28-35-42-49-56-69(5)6)93-77(82)61-54-47-40-31-25-20-17-16-19-22-27-34-41-48-55-68(3)4/h68-73,78H,8-67H2,1-7H3,(H,83,84)(H,85,86)/t70?,71-,72-,73-/m1/s1. The number of phosphoric ester groups is 2. The van der Waals surface area contributed by atoms with Gasteiger partial charge in [-0.2, -0.15) is 0 Å². The molecule has 0 aromatic carbocycles. The van der Waals surface area contributed by atoms with Crippen LogP contribution in [-0.4, -0.2) is 96.7 Å². The van der Waals surface area contributed by atoms with E-state index in [4.69, 9.17) is 37.0 Å². The number of hydrogen-bond acceptors (Lipinski definition) is 15. The second-order valence-electron chi connectivity index (χ2n) is 28.9. The average molecular weight is 1410 g/mol. The topological polar surface area (TPSA) is 237 Å². The number of ether oxygens (including phenoxy) is 4. The van der Waals surface area contributed by atoms with Crippen LogP contribution < -0.4 is 0 Å². The first-order chi connectivity index (χ1) is 46.3. The van der Waals surface area contributed by atoms with Crippen LogP contribution in [-0.2, 0) is 65.4 Å². The first-order valence-corrected chi connectivity index (χ1v) is 42.9. The van der Waals surface area contributed by atoms with Gasteiger partial charge in [0.15, 0.2) is 12.2 Å². The molecule has 0 aromatic rings. The van der Waals surface area contributed by atoms with Crippen molar-refractivity contribution in [2.45, 2.75) is 414 Å². The molecule has 0 fully saturated rings. The van der Waals surface area contributed by atoms with Crippen LogP contribution in [0.15, 0.2) is 0 Å². The van der Waals surface area contributed by atoms with Gasteiger partial charge in [-0.05, 0) is 43.4 Å². The van der Waals surface area contributed by atoms with Crippen molar-refractivity contribution in [2.24, 2.45) is 17.8 Å². The SMILES string of the molecule is CCCCCCCCCCCCCCCC(=O)O[C@H](COC(=O)CCCCCCCCCCC(C)CC)COP(=O)(O)OC[C@H](O)COP(=O)(O)OC[C@@H](COC(=O)CCCCCCCCCCCCCC(C)C)OC(=O)CCCCCCCCCCCCCCCCC(C)C. The van der Waals surface area contributed by atoms with Gasteiger partial charge in [0.05, 0.1) is 26.4 Å². The van der Waals surface area contributed by atoms with E-state index >= 15 is 0 Å². The van der Waals surface area contributed by atoms with E-state index in [0.717, 1.165) is 108 Å². The number of phosphoric acid groups is 2. The lowest BCUT2D eigenvalue weighted by molar-refractivity contribution is -0.161. The summed E-state index contributed by atoms with van der Waals surface area (Å²) in [6.07, 6.45) is 53.9. The number of aliphatic hydroxyl groups excluding tert-OH is 1. The average Bonchev–Trinajstić information content (AvgIpc) is 3.49. The van der Waals surface area contributed by atoms with Crippen molar-refractivity contribution in [1.29, 1.82) is 0 Å². The lowest BCUT2D eigenvalue weighted by Crippen LogP contribution is -2.30. The van der Waals surface area contributed by atoms with Crippen molar-refractivity contribution in [1.82, 2.24) is 0 Å². The quantitative estimate of drug-likeness (QED) is 0.0222. The maximum Gasteiger partial charge on any atom is 0.472 e. The van der Waals surface area contributed by atoms with Gasteiger partial charge in [-0.15, -0.1) is 0 Å². The van der Waals surface area contributed by atoms with E-state index in [9.17, 15) is 43.2 Å². The third-order valence-electron chi connectivity index (χ3n) is 18.2. The van der Waals surface area contributed by atoms with Gasteiger partial charge in [0.1, 0.15) is 19.3 Å². The summed E-state index contributed by atoms with van der Waals surface area (Å²) >= 11 is 0. The third kappa shape index (κ3) is 69.2. The fourth-order valence-electron chi connectivity index (χ4n) is 11.7. The Morgan fingerprint density at radius 3 is 0.792 bits per heavy atom. The Hall–Kier alpha value is -1.94. The third-order valence-corrected chi connectivity index (χ3v) is 20.1. The minimum Gasteiger partial charge on any atom is -0.462 e. The highest BCUT2D eigenvalue weighted by Crippen LogP contribution is 2.45. The molecular weight excluding hydrogens is 1260 g/mol. The summed E-state index contributed by atoms with van der Waals surface area (Å²) < 4.78 is 68.6. The first kappa shape index (κ1) is 94.1. The molecule has 3 N–H and O–H groups in total. The number of carbonyl (C=O) groups excluding carboxylic acids is 4. The van der Waals surface area contributed by atoms with Crippen molar-refractivity contribution >= 4 is 39.5 Å². The summed E-state index contributed by atoms with van der Waals surface area (Å²) in [4.78, 5) is 72.9. The van der Waals surface area contributed by atoms with Crippen molar-refractivity contribution in [2.75, 3.05) is 39.6 Å². The number of esters is 4. The Bertz CT molecular complexity index is 1870. The molecule has 0 saturated heterocycles. The number of hydrogen-bond donors (Lipinski definition) is 3. The Morgan fingerprint density at radius 1 is 0.302 bits per heavy atom. The molecule has 0 aliphatic carbocycles. The number of rotatable bonds is 75. The van der Waals surface area contributed by atoms with Crippen LogP contribution in [0, 0.1) is 17.8 Å². The molecule has 570 valence electrons. The van der Waals surface area contributed by atoms with Gasteiger partial charge in [0.25, 0.3) is 0 Å². The van der Waals surface area contributed by atoms with Gasteiger partial charge in [-0.1, -0.05) is 344 Å². The van der Waals surface area contributed by atoms with Crippen molar-refractivity contribution in [3.8, 4) is 0 Å². The summed E-state index contributed by atoms with van der Waals surface area (Å²) in [6, 6.07) is 0. The van der Waals surface area contributed by atoms with E-state index in [-0.39, 0.29) is 25.7 Å². The Morgan fingerprint density at radius 2 is 0.531 bits per heavy atom. The minimum absolute atomic E-state index is 0.107. The molecule has 17 nitrogen and oxygen atoms in total. The maximum absolute atomic E-state index is 13.1. The zero-order chi connectivity index (χ0) is 70.9. The lowest BCUT2D eigenvalue weighted by Gasteiger charge is -2.21. The summed E-state index contributed by atoms with van der Waals surface area (Å²) in [6.45, 7) is 11.9. The molecule has 0 amide bonds. The molecule has 19 heteroatoms. The highest BCUT2D eigenvalue weighted by atomic mass is 31.2. The predicted molar refractivity (Wildman–Crippen MR) is 391 cm³/mol. The Labute approximate surface area is 588 Å². The molecule has 0 aromatic heterocycles. The lowest BCUT2D eigenvalue weighted by atomic mass is 9.99. The number of carbonyl (C=O) groups is 4. The van der Waals surface area contributed by atoms with Crippen LogP contribution >= 0.6 is 15.6 Å². The van der Waals surface area contributed by atoms with Crippen LogP contribution in [0.5, 0.6) is 0 Å². The van der Waals surface area contributed by atoms with Crippen molar-refractivity contribution < 1.29 is 80.2 Å². The van der Waals surface area contributed by atoms with E-state index in [1.54, 1.807) is 0 Å². The number of unbranched alkanes of at least 4 members (excludes halogenated alkanes) is 42. The normalized spacial score (nSPS) is 14.3. The largest absolute Gasteiger partial charge is 0.472 e. The van der Waals surface area contributed by atoms with Crippen molar-refractivity contribution in [3.05, 3.63) is 0 Å². The van der Waals surface area contributed by atoms with E-state index in [1.165, 1.54) is 205 Å². The molecule has 3 unspecified atom stereocenters. The predicted octanol–water partition coefficient (Wildman–Crippen LogP) is 22.6. The van der Waals surface area contributed by atoms with Crippen LogP contribution in [0.1, 0.15) is 395 Å². The summed E-state index contributed by atoms with van der Waals surface area (Å²) in [5.74, 6) is 0.229. The van der Waals surface area contributed by atoms with E-state index < -0.39 is 97.5 Å². The minimum atomic E-state index is -4.96. The molecule has 0 rings (SSSR count). The summed E-state index contributed by atoms with van der Waals surface area (Å²) in [5.41, 5.74) is 0. The van der Waals surface area contributed by atoms with Crippen LogP contribution in [0.3, 0.4) is 0 Å². The molecule has 0 bridgehead atoms. The van der Waals surface area contributed by atoms with E-state index in [2.05, 4.69) is 48.5 Å².